The predicted octanol–water partition coefficient (Wildman–Crippen LogP) is 2.47. The molecule has 1 aliphatic carbocycles. The van der Waals surface area contributed by atoms with Crippen LogP contribution in [0.4, 0.5) is 0 Å². The first-order valence-corrected chi connectivity index (χ1v) is 9.13. The van der Waals surface area contributed by atoms with Crippen molar-refractivity contribution in [3.8, 4) is 5.88 Å². The maximum Gasteiger partial charge on any atom is 0.351 e. The second-order valence-electron chi connectivity index (χ2n) is 6.74. The lowest BCUT2D eigenvalue weighted by molar-refractivity contribution is 0.0122. The minimum absolute atomic E-state index is 0.0283. The Bertz CT molecular complexity index is 805. The molecule has 2 aliphatic rings. The van der Waals surface area contributed by atoms with Gasteiger partial charge in [0.15, 0.2) is 0 Å². The van der Waals surface area contributed by atoms with Crippen molar-refractivity contribution >= 4 is 5.57 Å². The van der Waals surface area contributed by atoms with Gasteiger partial charge in [0.25, 0.3) is 0 Å². The van der Waals surface area contributed by atoms with Crippen molar-refractivity contribution in [3.63, 3.8) is 0 Å². The summed E-state index contributed by atoms with van der Waals surface area (Å²) in [7, 11) is 0. The van der Waals surface area contributed by atoms with Gasteiger partial charge in [-0.15, -0.1) is 0 Å². The van der Waals surface area contributed by atoms with Gasteiger partial charge in [0.1, 0.15) is 6.61 Å². The molecule has 0 radical (unpaired) electrons. The smallest absolute Gasteiger partial charge is 0.351 e. The molecular formula is C20H26N2O4. The van der Waals surface area contributed by atoms with E-state index in [0.717, 1.165) is 30.5 Å². The van der Waals surface area contributed by atoms with E-state index in [-0.39, 0.29) is 31.6 Å². The number of hydrogen-bond donors (Lipinski definition) is 1. The zero-order chi connectivity index (χ0) is 18.5. The molecule has 0 amide bonds. The molecule has 26 heavy (non-hydrogen) atoms. The van der Waals surface area contributed by atoms with Crippen molar-refractivity contribution < 1.29 is 14.6 Å². The molecule has 140 valence electrons. The third-order valence-electron chi connectivity index (χ3n) is 4.65. The van der Waals surface area contributed by atoms with Crippen LogP contribution in [0, 0.1) is 0 Å². The lowest BCUT2D eigenvalue weighted by Gasteiger charge is -2.16. The Hall–Kier alpha value is -2.18. The highest BCUT2D eigenvalue weighted by Crippen LogP contribution is 2.32. The normalized spacial score (nSPS) is 17.7. The summed E-state index contributed by atoms with van der Waals surface area (Å²) < 4.78 is 12.8. The van der Waals surface area contributed by atoms with Crippen LogP contribution >= 0.6 is 0 Å². The SMILES string of the molecule is CC1=CCC2=C(C=C1)c1cc(OCC(C)OCCO)nc(=O)n1CCC2. The molecule has 0 aromatic carbocycles. The van der Waals surface area contributed by atoms with E-state index in [9.17, 15) is 4.79 Å². The van der Waals surface area contributed by atoms with Crippen LogP contribution in [0.25, 0.3) is 5.57 Å². The van der Waals surface area contributed by atoms with E-state index >= 15 is 0 Å². The first-order chi connectivity index (χ1) is 12.6. The minimum Gasteiger partial charge on any atom is -0.475 e. The van der Waals surface area contributed by atoms with Crippen LogP contribution in [0.2, 0.25) is 0 Å². The highest BCUT2D eigenvalue weighted by molar-refractivity contribution is 5.77. The number of ether oxygens (including phenoxy) is 2. The molecule has 0 spiro atoms. The van der Waals surface area contributed by atoms with Gasteiger partial charge in [-0.1, -0.05) is 29.4 Å². The Balaban J connectivity index is 1.89. The fraction of sp³-hybridized carbons (Fsp3) is 0.500. The van der Waals surface area contributed by atoms with Crippen LogP contribution in [-0.2, 0) is 11.3 Å². The minimum atomic E-state index is -0.280. The van der Waals surface area contributed by atoms with Crippen molar-refractivity contribution in [3.05, 3.63) is 51.6 Å². The predicted molar refractivity (Wildman–Crippen MR) is 100 cm³/mol. The third-order valence-corrected chi connectivity index (χ3v) is 4.65. The van der Waals surface area contributed by atoms with Crippen molar-refractivity contribution in [1.29, 1.82) is 0 Å². The Morgan fingerprint density at radius 2 is 2.23 bits per heavy atom. The monoisotopic (exact) mass is 358 g/mol. The second-order valence-corrected chi connectivity index (χ2v) is 6.74. The quantitative estimate of drug-likeness (QED) is 0.846. The summed E-state index contributed by atoms with van der Waals surface area (Å²) in [4.78, 5) is 16.6. The summed E-state index contributed by atoms with van der Waals surface area (Å²) in [6, 6.07) is 1.85. The molecule has 1 unspecified atom stereocenters. The number of hydrogen-bond acceptors (Lipinski definition) is 5. The van der Waals surface area contributed by atoms with Gasteiger partial charge in [-0.25, -0.2) is 4.79 Å². The highest BCUT2D eigenvalue weighted by atomic mass is 16.5. The summed E-state index contributed by atoms with van der Waals surface area (Å²) in [5, 5.41) is 8.81. The number of rotatable bonds is 6. The molecule has 0 bridgehead atoms. The van der Waals surface area contributed by atoms with Crippen LogP contribution in [0.1, 0.15) is 38.8 Å². The van der Waals surface area contributed by atoms with Gasteiger partial charge in [-0.2, -0.15) is 4.98 Å². The zero-order valence-corrected chi connectivity index (χ0v) is 15.4. The fourth-order valence-corrected chi connectivity index (χ4v) is 3.25. The number of aliphatic hydroxyl groups is 1. The molecule has 1 aromatic heterocycles. The van der Waals surface area contributed by atoms with Crippen LogP contribution < -0.4 is 10.4 Å². The van der Waals surface area contributed by atoms with Gasteiger partial charge in [0.2, 0.25) is 5.88 Å². The van der Waals surface area contributed by atoms with Crippen LogP contribution in [0.5, 0.6) is 5.88 Å². The summed E-state index contributed by atoms with van der Waals surface area (Å²) in [6.07, 6.45) is 9.05. The Morgan fingerprint density at radius 3 is 3.04 bits per heavy atom. The summed E-state index contributed by atoms with van der Waals surface area (Å²) in [5.74, 6) is 0.316. The molecule has 1 aliphatic heterocycles. The van der Waals surface area contributed by atoms with Gasteiger partial charge >= 0.3 is 5.69 Å². The molecule has 1 N–H and O–H groups in total. The van der Waals surface area contributed by atoms with Gasteiger partial charge < -0.3 is 14.6 Å². The first-order valence-electron chi connectivity index (χ1n) is 9.13. The highest BCUT2D eigenvalue weighted by Gasteiger charge is 2.19. The standard InChI is InChI=1S/C20H26N2O4/c1-14-5-7-16-4-3-9-22-18(17(16)8-6-14)12-19(21-20(22)24)26-13-15(2)25-11-10-23/h5-6,8,12,15,23H,3-4,7,9-11,13H2,1-2H3. The molecule has 0 saturated carbocycles. The van der Waals surface area contributed by atoms with E-state index in [1.54, 1.807) is 4.57 Å². The average Bonchev–Trinajstić information content (AvgIpc) is 2.91. The topological polar surface area (TPSA) is 73.6 Å². The summed E-state index contributed by atoms with van der Waals surface area (Å²) >= 11 is 0. The average molecular weight is 358 g/mol. The van der Waals surface area contributed by atoms with Crippen molar-refractivity contribution in [2.75, 3.05) is 19.8 Å². The second kappa shape index (κ2) is 8.47. The number of fused-ring (bicyclic) bond motifs is 2. The van der Waals surface area contributed by atoms with Crippen molar-refractivity contribution in [2.24, 2.45) is 0 Å². The number of aliphatic hydroxyl groups excluding tert-OH is 1. The maximum atomic E-state index is 12.5. The Labute approximate surface area is 153 Å². The van der Waals surface area contributed by atoms with E-state index < -0.39 is 0 Å². The third kappa shape index (κ3) is 4.31. The molecular weight excluding hydrogens is 332 g/mol. The molecule has 2 heterocycles. The molecule has 0 saturated heterocycles. The largest absolute Gasteiger partial charge is 0.475 e. The fourth-order valence-electron chi connectivity index (χ4n) is 3.25. The van der Waals surface area contributed by atoms with Gasteiger partial charge in [-0.3, -0.25) is 4.57 Å². The number of nitrogens with zero attached hydrogens (tertiary/aromatic N) is 2. The molecule has 1 aromatic rings. The van der Waals surface area contributed by atoms with Crippen molar-refractivity contribution in [2.45, 2.75) is 45.8 Å². The number of allylic oxidation sites excluding steroid dienone is 6. The van der Waals surface area contributed by atoms with Gasteiger partial charge in [0.05, 0.1) is 25.0 Å². The van der Waals surface area contributed by atoms with Crippen molar-refractivity contribution in [1.82, 2.24) is 9.55 Å². The summed E-state index contributed by atoms with van der Waals surface area (Å²) in [6.45, 7) is 5.12. The van der Waals surface area contributed by atoms with Gasteiger partial charge in [0, 0.05) is 12.6 Å². The van der Waals surface area contributed by atoms with E-state index in [1.807, 2.05) is 13.0 Å². The molecule has 1 atom stereocenters. The van der Waals surface area contributed by atoms with E-state index in [2.05, 4.69) is 30.1 Å². The molecule has 3 rings (SSSR count). The number of aromatic nitrogens is 2. The summed E-state index contributed by atoms with van der Waals surface area (Å²) in [5.41, 5.74) is 4.27. The van der Waals surface area contributed by atoms with Gasteiger partial charge in [-0.05, 0) is 38.7 Å². The van der Waals surface area contributed by atoms with Crippen LogP contribution in [0.3, 0.4) is 0 Å². The Kier molecular flexibility index (Phi) is 6.06. The molecule has 6 heteroatoms. The van der Waals surface area contributed by atoms with Crippen LogP contribution in [-0.4, -0.2) is 40.6 Å². The van der Waals surface area contributed by atoms with E-state index in [1.165, 1.54) is 11.1 Å². The maximum absolute atomic E-state index is 12.5. The van der Waals surface area contributed by atoms with Crippen LogP contribution in [0.15, 0.2) is 40.2 Å². The Morgan fingerprint density at radius 1 is 1.38 bits per heavy atom. The molecule has 6 nitrogen and oxygen atoms in total. The zero-order valence-electron chi connectivity index (χ0n) is 15.4. The lowest BCUT2D eigenvalue weighted by Crippen LogP contribution is -2.27. The van der Waals surface area contributed by atoms with E-state index in [4.69, 9.17) is 14.6 Å². The van der Waals surface area contributed by atoms with E-state index in [0.29, 0.717) is 12.4 Å². The lowest BCUT2D eigenvalue weighted by atomic mass is 9.99. The molecule has 0 fully saturated rings. The first kappa shape index (κ1) is 18.6.